The van der Waals surface area contributed by atoms with Crippen molar-refractivity contribution in [1.82, 2.24) is 4.98 Å². The highest BCUT2D eigenvalue weighted by Gasteiger charge is 2.06. The summed E-state index contributed by atoms with van der Waals surface area (Å²) in [4.78, 5) is 4.20. The van der Waals surface area contributed by atoms with E-state index in [9.17, 15) is 0 Å². The third-order valence-corrected chi connectivity index (χ3v) is 2.92. The number of benzene rings is 1. The van der Waals surface area contributed by atoms with Crippen LogP contribution in [0.5, 0.6) is 0 Å². The quantitative estimate of drug-likeness (QED) is 0.835. The summed E-state index contributed by atoms with van der Waals surface area (Å²) in [6.45, 7) is 1.86. The molecule has 1 heterocycles. The molecule has 4 heteroatoms. The second-order valence-electron chi connectivity index (χ2n) is 3.52. The fourth-order valence-corrected chi connectivity index (χ4v) is 1.94. The highest BCUT2D eigenvalue weighted by molar-refractivity contribution is 6.36. The summed E-state index contributed by atoms with van der Waals surface area (Å²) in [6, 6.07) is 7.21. The average molecular weight is 253 g/mol. The standard InChI is InChI=1S/C12H10Cl2N2/c1-7-12(15)4-8(6-16-7)10-3-2-9(13)5-11(10)14/h2-6H,15H2,1H3. The van der Waals surface area contributed by atoms with Gasteiger partial charge in [-0.15, -0.1) is 0 Å². The Morgan fingerprint density at radius 2 is 1.94 bits per heavy atom. The van der Waals surface area contributed by atoms with E-state index in [0.29, 0.717) is 15.7 Å². The third-order valence-electron chi connectivity index (χ3n) is 2.37. The van der Waals surface area contributed by atoms with Crippen molar-refractivity contribution in [3.8, 4) is 11.1 Å². The van der Waals surface area contributed by atoms with E-state index in [2.05, 4.69) is 4.98 Å². The van der Waals surface area contributed by atoms with E-state index < -0.39 is 0 Å². The van der Waals surface area contributed by atoms with Crippen molar-refractivity contribution in [1.29, 1.82) is 0 Å². The van der Waals surface area contributed by atoms with E-state index >= 15 is 0 Å². The van der Waals surface area contributed by atoms with Crippen LogP contribution in [0.25, 0.3) is 11.1 Å². The second kappa shape index (κ2) is 4.32. The zero-order chi connectivity index (χ0) is 11.7. The number of hydrogen-bond donors (Lipinski definition) is 1. The van der Waals surface area contributed by atoms with Crippen LogP contribution in [0.2, 0.25) is 10.0 Å². The molecule has 2 N–H and O–H groups in total. The van der Waals surface area contributed by atoms with Crippen molar-refractivity contribution < 1.29 is 0 Å². The highest BCUT2D eigenvalue weighted by atomic mass is 35.5. The molecule has 0 saturated carbocycles. The number of pyridine rings is 1. The maximum atomic E-state index is 6.10. The van der Waals surface area contributed by atoms with Gasteiger partial charge in [0.2, 0.25) is 0 Å². The topological polar surface area (TPSA) is 38.9 Å². The summed E-state index contributed by atoms with van der Waals surface area (Å²) < 4.78 is 0. The Morgan fingerprint density at radius 1 is 1.19 bits per heavy atom. The van der Waals surface area contributed by atoms with E-state index in [-0.39, 0.29) is 0 Å². The fraction of sp³-hybridized carbons (Fsp3) is 0.0833. The monoisotopic (exact) mass is 252 g/mol. The molecule has 2 aromatic rings. The second-order valence-corrected chi connectivity index (χ2v) is 4.37. The number of rotatable bonds is 1. The Morgan fingerprint density at radius 3 is 2.56 bits per heavy atom. The van der Waals surface area contributed by atoms with Gasteiger partial charge in [0.05, 0.1) is 11.4 Å². The van der Waals surface area contributed by atoms with Crippen molar-refractivity contribution in [2.75, 3.05) is 5.73 Å². The van der Waals surface area contributed by atoms with Crippen molar-refractivity contribution in [2.24, 2.45) is 0 Å². The number of nitrogens with zero attached hydrogens (tertiary/aromatic N) is 1. The molecule has 2 nitrogen and oxygen atoms in total. The van der Waals surface area contributed by atoms with E-state index in [1.165, 1.54) is 0 Å². The number of nitrogens with two attached hydrogens (primary N) is 1. The highest BCUT2D eigenvalue weighted by Crippen LogP contribution is 2.31. The minimum atomic E-state index is 0.595. The SMILES string of the molecule is Cc1ncc(-c2ccc(Cl)cc2Cl)cc1N. The van der Waals surface area contributed by atoms with Gasteiger partial charge in [-0.1, -0.05) is 29.3 Å². The lowest BCUT2D eigenvalue weighted by Crippen LogP contribution is -1.93. The Labute approximate surface area is 104 Å². The molecule has 0 unspecified atom stereocenters. The molecule has 1 aromatic heterocycles. The first kappa shape index (κ1) is 11.2. The van der Waals surface area contributed by atoms with Crippen LogP contribution in [0.4, 0.5) is 5.69 Å². The predicted molar refractivity (Wildman–Crippen MR) is 68.8 cm³/mol. The zero-order valence-electron chi connectivity index (χ0n) is 8.67. The van der Waals surface area contributed by atoms with Gasteiger partial charge in [0.15, 0.2) is 0 Å². The van der Waals surface area contributed by atoms with Gasteiger partial charge < -0.3 is 5.73 Å². The predicted octanol–water partition coefficient (Wildman–Crippen LogP) is 3.95. The number of hydrogen-bond acceptors (Lipinski definition) is 2. The largest absolute Gasteiger partial charge is 0.397 e. The van der Waals surface area contributed by atoms with Crippen molar-refractivity contribution in [2.45, 2.75) is 6.92 Å². The molecule has 2 rings (SSSR count). The van der Waals surface area contributed by atoms with Crippen LogP contribution in [-0.4, -0.2) is 4.98 Å². The van der Waals surface area contributed by atoms with Gasteiger partial charge in [-0.05, 0) is 25.1 Å². The molecule has 0 atom stereocenters. The summed E-state index contributed by atoms with van der Waals surface area (Å²) in [7, 11) is 0. The fourth-order valence-electron chi connectivity index (χ4n) is 1.42. The third kappa shape index (κ3) is 2.13. The number of halogens is 2. The molecular weight excluding hydrogens is 243 g/mol. The van der Waals surface area contributed by atoms with Crippen molar-refractivity contribution in [3.63, 3.8) is 0 Å². The van der Waals surface area contributed by atoms with Crippen molar-refractivity contribution in [3.05, 3.63) is 46.2 Å². The minimum Gasteiger partial charge on any atom is -0.397 e. The lowest BCUT2D eigenvalue weighted by atomic mass is 10.1. The number of aromatic nitrogens is 1. The van der Waals surface area contributed by atoms with Gasteiger partial charge in [-0.2, -0.15) is 0 Å². The molecule has 0 fully saturated rings. The Kier molecular flexibility index (Phi) is 3.03. The smallest absolute Gasteiger partial charge is 0.0602 e. The van der Waals surface area contributed by atoms with Gasteiger partial charge >= 0.3 is 0 Å². The van der Waals surface area contributed by atoms with E-state index in [4.69, 9.17) is 28.9 Å². The summed E-state index contributed by atoms with van der Waals surface area (Å²) in [5.74, 6) is 0. The van der Waals surface area contributed by atoms with Crippen LogP contribution >= 0.6 is 23.2 Å². The summed E-state index contributed by atoms with van der Waals surface area (Å²) >= 11 is 11.9. The first-order valence-electron chi connectivity index (χ1n) is 4.75. The van der Waals surface area contributed by atoms with Crippen LogP contribution in [0.1, 0.15) is 5.69 Å². The van der Waals surface area contributed by atoms with Crippen molar-refractivity contribution >= 4 is 28.9 Å². The zero-order valence-corrected chi connectivity index (χ0v) is 10.2. The number of aryl methyl sites for hydroxylation is 1. The molecule has 0 spiro atoms. The summed E-state index contributed by atoms with van der Waals surface area (Å²) in [5.41, 5.74) is 9.05. The van der Waals surface area contributed by atoms with E-state index in [1.807, 2.05) is 19.1 Å². The number of anilines is 1. The first-order chi connectivity index (χ1) is 7.58. The van der Waals surface area contributed by atoms with Gasteiger partial charge in [0.25, 0.3) is 0 Å². The van der Waals surface area contributed by atoms with Crippen LogP contribution in [0, 0.1) is 6.92 Å². The maximum absolute atomic E-state index is 6.10. The summed E-state index contributed by atoms with van der Waals surface area (Å²) in [5, 5.41) is 1.21. The minimum absolute atomic E-state index is 0.595. The van der Waals surface area contributed by atoms with Gasteiger partial charge in [0.1, 0.15) is 0 Å². The van der Waals surface area contributed by atoms with Crippen LogP contribution in [-0.2, 0) is 0 Å². The Balaban J connectivity index is 2.54. The number of nitrogen functional groups attached to an aromatic ring is 1. The molecule has 0 aliphatic carbocycles. The molecule has 16 heavy (non-hydrogen) atoms. The molecule has 0 aliphatic heterocycles. The van der Waals surface area contributed by atoms with Crippen LogP contribution in [0.15, 0.2) is 30.5 Å². The molecule has 0 amide bonds. The molecule has 0 bridgehead atoms. The first-order valence-corrected chi connectivity index (χ1v) is 5.51. The summed E-state index contributed by atoms with van der Waals surface area (Å²) in [6.07, 6.45) is 1.75. The lowest BCUT2D eigenvalue weighted by molar-refractivity contribution is 1.21. The van der Waals surface area contributed by atoms with Crippen LogP contribution in [0.3, 0.4) is 0 Å². The average Bonchev–Trinajstić information content (AvgIpc) is 2.22. The Bertz CT molecular complexity index is 539. The van der Waals surface area contributed by atoms with E-state index in [1.54, 1.807) is 18.3 Å². The molecular formula is C12H10Cl2N2. The molecule has 1 aromatic carbocycles. The van der Waals surface area contributed by atoms with E-state index in [0.717, 1.165) is 16.8 Å². The normalized spacial score (nSPS) is 10.4. The molecule has 0 radical (unpaired) electrons. The van der Waals surface area contributed by atoms with Gasteiger partial charge in [-0.3, -0.25) is 4.98 Å². The maximum Gasteiger partial charge on any atom is 0.0602 e. The molecule has 0 aliphatic rings. The van der Waals surface area contributed by atoms with Gasteiger partial charge in [-0.25, -0.2) is 0 Å². The lowest BCUT2D eigenvalue weighted by Gasteiger charge is -2.06. The van der Waals surface area contributed by atoms with Crippen LogP contribution < -0.4 is 5.73 Å². The van der Waals surface area contributed by atoms with Gasteiger partial charge in [0, 0.05) is 27.4 Å². The Hall–Kier alpha value is -1.25. The molecule has 0 saturated heterocycles. The molecule has 82 valence electrons.